The van der Waals surface area contributed by atoms with E-state index in [1.165, 1.54) is 27.8 Å². The molecule has 6 nitrogen and oxygen atoms in total. The summed E-state index contributed by atoms with van der Waals surface area (Å²) in [7, 11) is 2.16. The summed E-state index contributed by atoms with van der Waals surface area (Å²) in [6.07, 6.45) is 4.87. The molecule has 0 amide bonds. The van der Waals surface area contributed by atoms with Crippen molar-refractivity contribution < 1.29 is 24.5 Å². The van der Waals surface area contributed by atoms with Crippen LogP contribution in [0.2, 0.25) is 0 Å². The molecular weight excluding hydrogens is 442 g/mol. The number of benzene rings is 3. The molecule has 0 atom stereocenters. The van der Waals surface area contributed by atoms with E-state index < -0.39 is 11.9 Å². The van der Waals surface area contributed by atoms with Crippen LogP contribution >= 0.6 is 0 Å². The second-order valence-electron chi connectivity index (χ2n) is 8.42. The molecule has 0 saturated heterocycles. The highest BCUT2D eigenvalue weighted by Crippen LogP contribution is 2.26. The van der Waals surface area contributed by atoms with E-state index in [9.17, 15) is 9.59 Å². The maximum atomic E-state index is 9.64. The van der Waals surface area contributed by atoms with Gasteiger partial charge in [0.1, 0.15) is 5.75 Å². The Morgan fingerprint density at radius 2 is 1.57 bits per heavy atom. The summed E-state index contributed by atoms with van der Waals surface area (Å²) in [6, 6.07) is 25.8. The van der Waals surface area contributed by atoms with E-state index >= 15 is 0 Å². The zero-order valence-corrected chi connectivity index (χ0v) is 19.9. The molecule has 0 fully saturated rings. The normalized spacial score (nSPS) is 12.1. The van der Waals surface area contributed by atoms with Crippen molar-refractivity contribution in [2.45, 2.75) is 25.8 Å². The van der Waals surface area contributed by atoms with E-state index in [0.29, 0.717) is 0 Å². The van der Waals surface area contributed by atoms with Gasteiger partial charge in [-0.05, 0) is 40.9 Å². The van der Waals surface area contributed by atoms with Crippen LogP contribution < -0.4 is 4.74 Å². The van der Waals surface area contributed by atoms with E-state index in [1.54, 1.807) is 0 Å². The van der Waals surface area contributed by atoms with Crippen molar-refractivity contribution in [2.75, 3.05) is 20.2 Å². The fraction of sp³-hybridized carbons (Fsp3) is 0.241. The first-order chi connectivity index (χ1) is 16.9. The number of likely N-dealkylation sites (N-methyl/N-ethyl adjacent to an activating group) is 1. The Morgan fingerprint density at radius 3 is 2.23 bits per heavy atom. The minimum absolute atomic E-state index is 0.296. The first kappa shape index (κ1) is 25.7. The molecule has 0 radical (unpaired) electrons. The van der Waals surface area contributed by atoms with Crippen LogP contribution in [0.5, 0.6) is 5.75 Å². The van der Waals surface area contributed by atoms with Gasteiger partial charge in [0.05, 0.1) is 19.4 Å². The molecule has 4 rings (SSSR count). The third-order valence-corrected chi connectivity index (χ3v) is 5.50. The monoisotopic (exact) mass is 473 g/mol. The van der Waals surface area contributed by atoms with Crippen LogP contribution in [0.25, 0.3) is 17.2 Å². The molecule has 0 unspecified atom stereocenters. The van der Waals surface area contributed by atoms with Gasteiger partial charge in [0.2, 0.25) is 0 Å². The van der Waals surface area contributed by atoms with Crippen LogP contribution in [-0.2, 0) is 22.6 Å². The zero-order valence-electron chi connectivity index (χ0n) is 19.9. The number of carboxylic acid groups (broad SMARTS) is 2. The van der Waals surface area contributed by atoms with Gasteiger partial charge < -0.3 is 14.9 Å². The largest absolute Gasteiger partial charge is 0.493 e. The van der Waals surface area contributed by atoms with Gasteiger partial charge in [-0.2, -0.15) is 0 Å². The molecule has 3 aromatic rings. The van der Waals surface area contributed by atoms with Gasteiger partial charge in [-0.3, -0.25) is 14.5 Å². The minimum Gasteiger partial charge on any atom is -0.493 e. The van der Waals surface area contributed by atoms with E-state index in [2.05, 4.69) is 90.8 Å². The fourth-order valence-electron chi connectivity index (χ4n) is 3.71. The van der Waals surface area contributed by atoms with Crippen molar-refractivity contribution >= 4 is 18.0 Å². The quantitative estimate of drug-likeness (QED) is 0.435. The molecular formula is C29H31NO5. The van der Waals surface area contributed by atoms with Crippen LogP contribution in [0.15, 0.2) is 78.9 Å². The molecule has 1 heterocycles. The molecule has 0 saturated carbocycles. The highest BCUT2D eigenvalue weighted by Gasteiger charge is 2.12. The Bertz CT molecular complexity index is 1130. The number of aliphatic carboxylic acids is 2. The molecule has 2 N–H and O–H groups in total. The van der Waals surface area contributed by atoms with E-state index in [0.717, 1.165) is 31.9 Å². The van der Waals surface area contributed by atoms with Crippen molar-refractivity contribution in [2.24, 2.45) is 0 Å². The van der Waals surface area contributed by atoms with Crippen LogP contribution in [0.4, 0.5) is 0 Å². The third-order valence-electron chi connectivity index (χ3n) is 5.50. The van der Waals surface area contributed by atoms with Crippen molar-refractivity contribution in [1.82, 2.24) is 4.90 Å². The number of hydrogen-bond donors (Lipinski definition) is 2. The Labute approximate surface area is 206 Å². The lowest BCUT2D eigenvalue weighted by atomic mass is 10.0. The number of fused-ring (bicyclic) bond motifs is 1. The van der Waals surface area contributed by atoms with Gasteiger partial charge in [-0.25, -0.2) is 0 Å². The standard InChI is InChI=1S/C25H25NO.C4H6O4/c1-26(19-21-11-14-25-24(18-21)15-17-27-25)16-5-6-20-9-12-23(13-10-20)22-7-3-2-4-8-22;5-3(6)1-2-4(7)8/h2-14,18H,15-17,19H2,1H3;1-2H2,(H,5,6)(H,7,8)/b6-5+;. The fourth-order valence-corrected chi connectivity index (χ4v) is 3.71. The van der Waals surface area contributed by atoms with Crippen LogP contribution in [0.3, 0.4) is 0 Å². The summed E-state index contributed by atoms with van der Waals surface area (Å²) < 4.78 is 5.58. The number of rotatable bonds is 9. The Kier molecular flexibility index (Phi) is 9.63. The van der Waals surface area contributed by atoms with Gasteiger partial charge in [0, 0.05) is 19.5 Å². The average Bonchev–Trinajstić information content (AvgIpc) is 3.32. The average molecular weight is 474 g/mol. The van der Waals surface area contributed by atoms with E-state index in [4.69, 9.17) is 14.9 Å². The lowest BCUT2D eigenvalue weighted by molar-refractivity contribution is -0.143. The SMILES string of the molecule is CN(C/C=C/c1ccc(-c2ccccc2)cc1)Cc1ccc2c(c1)CCO2.O=C(O)CCC(=O)O. The van der Waals surface area contributed by atoms with Gasteiger partial charge in [0.25, 0.3) is 0 Å². The molecule has 3 aromatic carbocycles. The second-order valence-corrected chi connectivity index (χ2v) is 8.42. The number of nitrogens with zero attached hydrogens (tertiary/aromatic N) is 1. The summed E-state index contributed by atoms with van der Waals surface area (Å²) in [5.41, 5.74) is 6.44. The molecule has 0 aromatic heterocycles. The minimum atomic E-state index is -1.08. The van der Waals surface area contributed by atoms with Crippen molar-refractivity contribution in [3.8, 4) is 16.9 Å². The molecule has 0 spiro atoms. The summed E-state index contributed by atoms with van der Waals surface area (Å²) in [5, 5.41) is 15.8. The Morgan fingerprint density at radius 1 is 0.914 bits per heavy atom. The summed E-state index contributed by atoms with van der Waals surface area (Å²) in [5.74, 6) is -1.10. The number of hydrogen-bond acceptors (Lipinski definition) is 4. The predicted octanol–water partition coefficient (Wildman–Crippen LogP) is 5.37. The third kappa shape index (κ3) is 8.76. The molecule has 1 aliphatic heterocycles. The predicted molar refractivity (Wildman–Crippen MR) is 137 cm³/mol. The van der Waals surface area contributed by atoms with Crippen LogP contribution in [0, 0.1) is 0 Å². The first-order valence-corrected chi connectivity index (χ1v) is 11.6. The lowest BCUT2D eigenvalue weighted by Crippen LogP contribution is -2.17. The summed E-state index contributed by atoms with van der Waals surface area (Å²) in [6.45, 7) is 2.69. The topological polar surface area (TPSA) is 87.1 Å². The molecule has 35 heavy (non-hydrogen) atoms. The molecule has 0 bridgehead atoms. The molecule has 6 heteroatoms. The molecule has 1 aliphatic rings. The zero-order chi connectivity index (χ0) is 25.0. The molecule has 182 valence electrons. The maximum absolute atomic E-state index is 9.64. The highest BCUT2D eigenvalue weighted by molar-refractivity contribution is 5.75. The van der Waals surface area contributed by atoms with Crippen LogP contribution in [0.1, 0.15) is 29.5 Å². The van der Waals surface area contributed by atoms with Gasteiger partial charge in [-0.1, -0.05) is 78.9 Å². The number of carbonyl (C=O) groups is 2. The van der Waals surface area contributed by atoms with E-state index in [1.807, 2.05) is 6.07 Å². The summed E-state index contributed by atoms with van der Waals surface area (Å²) in [4.78, 5) is 21.6. The number of ether oxygens (including phenoxy) is 1. The smallest absolute Gasteiger partial charge is 0.303 e. The maximum Gasteiger partial charge on any atom is 0.303 e. The van der Waals surface area contributed by atoms with Crippen molar-refractivity contribution in [1.29, 1.82) is 0 Å². The summed E-state index contributed by atoms with van der Waals surface area (Å²) >= 11 is 0. The van der Waals surface area contributed by atoms with Crippen molar-refractivity contribution in [3.05, 3.63) is 95.6 Å². The Hall–Kier alpha value is -3.90. The second kappa shape index (κ2) is 13.1. The van der Waals surface area contributed by atoms with Gasteiger partial charge >= 0.3 is 11.9 Å². The van der Waals surface area contributed by atoms with Crippen LogP contribution in [-0.4, -0.2) is 47.3 Å². The van der Waals surface area contributed by atoms with Crippen molar-refractivity contribution in [3.63, 3.8) is 0 Å². The Balaban J connectivity index is 0.000000371. The lowest BCUT2D eigenvalue weighted by Gasteiger charge is -2.15. The van der Waals surface area contributed by atoms with Gasteiger partial charge in [0.15, 0.2) is 0 Å². The van der Waals surface area contributed by atoms with Gasteiger partial charge in [-0.15, -0.1) is 0 Å². The molecule has 0 aliphatic carbocycles. The first-order valence-electron chi connectivity index (χ1n) is 11.6. The van der Waals surface area contributed by atoms with E-state index in [-0.39, 0.29) is 12.8 Å². The number of carboxylic acids is 2. The highest BCUT2D eigenvalue weighted by atomic mass is 16.5.